The Morgan fingerprint density at radius 2 is 2.27 bits per heavy atom. The highest BCUT2D eigenvalue weighted by molar-refractivity contribution is 6.30. The molecule has 0 bridgehead atoms. The molecule has 0 amide bonds. The molecule has 1 aromatic rings. The number of hydrogen-bond donors (Lipinski definition) is 1. The van der Waals surface area contributed by atoms with E-state index in [0.717, 1.165) is 11.6 Å². The molecular weight excluding hydrogens is 208 g/mol. The van der Waals surface area contributed by atoms with Crippen molar-refractivity contribution in [2.24, 2.45) is 5.73 Å². The minimum Gasteiger partial charge on any atom is -0.368 e. The minimum absolute atomic E-state index is 0.432. The first-order valence-electron chi connectivity index (χ1n) is 5.39. The van der Waals surface area contributed by atoms with E-state index in [4.69, 9.17) is 17.3 Å². The molecule has 2 rings (SSSR count). The van der Waals surface area contributed by atoms with Crippen LogP contribution in [0.2, 0.25) is 5.02 Å². The molecule has 0 aromatic heterocycles. The first-order valence-corrected chi connectivity index (χ1v) is 5.77. The third-order valence-corrected chi connectivity index (χ3v) is 3.30. The van der Waals surface area contributed by atoms with Gasteiger partial charge in [-0.15, -0.1) is 0 Å². The van der Waals surface area contributed by atoms with Crippen molar-refractivity contribution in [2.45, 2.75) is 25.8 Å². The van der Waals surface area contributed by atoms with E-state index in [1.54, 1.807) is 0 Å². The molecule has 1 atom stereocenters. The van der Waals surface area contributed by atoms with Crippen LogP contribution in [0.4, 0.5) is 5.69 Å². The second-order valence-electron chi connectivity index (χ2n) is 4.38. The molecule has 0 spiro atoms. The monoisotopic (exact) mass is 224 g/mol. The molecule has 2 nitrogen and oxygen atoms in total. The zero-order valence-electron chi connectivity index (χ0n) is 9.20. The van der Waals surface area contributed by atoms with Gasteiger partial charge >= 0.3 is 0 Å². The maximum Gasteiger partial charge on any atom is 0.0410 e. The van der Waals surface area contributed by atoms with Gasteiger partial charge in [-0.25, -0.2) is 0 Å². The average Bonchev–Trinajstić information content (AvgIpc) is 2.55. The van der Waals surface area contributed by atoms with E-state index in [2.05, 4.69) is 30.9 Å². The molecule has 1 aromatic carbocycles. The lowest BCUT2D eigenvalue weighted by Crippen LogP contribution is -2.30. The van der Waals surface area contributed by atoms with Crippen LogP contribution < -0.4 is 10.6 Å². The highest BCUT2D eigenvalue weighted by Crippen LogP contribution is 2.38. The fraction of sp³-hybridized carbons (Fsp3) is 0.500. The summed E-state index contributed by atoms with van der Waals surface area (Å²) in [4.78, 5) is 2.39. The van der Waals surface area contributed by atoms with E-state index in [9.17, 15) is 0 Å². The molecule has 15 heavy (non-hydrogen) atoms. The fourth-order valence-corrected chi connectivity index (χ4v) is 2.42. The van der Waals surface area contributed by atoms with Crippen molar-refractivity contribution in [1.29, 1.82) is 0 Å². The Hall–Kier alpha value is -0.730. The first-order chi connectivity index (χ1) is 7.13. The van der Waals surface area contributed by atoms with Crippen molar-refractivity contribution in [1.82, 2.24) is 0 Å². The summed E-state index contributed by atoms with van der Waals surface area (Å²) in [6, 6.07) is 6.63. The van der Waals surface area contributed by atoms with Crippen LogP contribution in [-0.2, 0) is 0 Å². The maximum atomic E-state index is 6.01. The van der Waals surface area contributed by atoms with Crippen LogP contribution in [0.1, 0.15) is 25.3 Å². The van der Waals surface area contributed by atoms with Gasteiger partial charge in [0.1, 0.15) is 0 Å². The van der Waals surface area contributed by atoms with Crippen molar-refractivity contribution in [3.8, 4) is 0 Å². The normalized spacial score (nSPS) is 19.8. The van der Waals surface area contributed by atoms with Crippen molar-refractivity contribution >= 4 is 17.3 Å². The van der Waals surface area contributed by atoms with E-state index < -0.39 is 0 Å². The Bertz CT molecular complexity index is 363. The number of nitrogens with two attached hydrogens (primary N) is 1. The van der Waals surface area contributed by atoms with Crippen LogP contribution in [0, 0.1) is 0 Å². The molecule has 1 aliphatic heterocycles. The Labute approximate surface area is 96.0 Å². The van der Waals surface area contributed by atoms with E-state index in [1.807, 2.05) is 6.07 Å². The van der Waals surface area contributed by atoms with Crippen LogP contribution in [0.3, 0.4) is 0 Å². The van der Waals surface area contributed by atoms with Gasteiger partial charge in [0.15, 0.2) is 0 Å². The molecule has 0 radical (unpaired) electrons. The summed E-state index contributed by atoms with van der Waals surface area (Å²) >= 11 is 6.01. The minimum atomic E-state index is 0.432. The number of nitrogens with zero attached hydrogens (tertiary/aromatic N) is 1. The van der Waals surface area contributed by atoms with Crippen molar-refractivity contribution in [3.63, 3.8) is 0 Å². The van der Waals surface area contributed by atoms with Gasteiger partial charge in [-0.2, -0.15) is 0 Å². The largest absolute Gasteiger partial charge is 0.368 e. The lowest BCUT2D eigenvalue weighted by atomic mass is 10.0. The van der Waals surface area contributed by atoms with Gasteiger partial charge in [0.2, 0.25) is 0 Å². The molecule has 0 aliphatic carbocycles. The number of fused-ring (bicyclic) bond motifs is 1. The van der Waals surface area contributed by atoms with Gasteiger partial charge in [-0.05, 0) is 37.6 Å². The number of benzene rings is 1. The summed E-state index contributed by atoms with van der Waals surface area (Å²) in [6.07, 6.45) is 0. The molecule has 0 saturated heterocycles. The SMILES string of the molecule is CC(C)N1CC(CN)c2cc(Cl)ccc21. The predicted molar refractivity (Wildman–Crippen MR) is 65.7 cm³/mol. The van der Waals surface area contributed by atoms with Crippen LogP contribution in [0.5, 0.6) is 0 Å². The quantitative estimate of drug-likeness (QED) is 0.837. The summed E-state index contributed by atoms with van der Waals surface area (Å²) in [6.45, 7) is 6.12. The molecule has 1 heterocycles. The Morgan fingerprint density at radius 3 is 2.87 bits per heavy atom. The molecule has 0 saturated carbocycles. The zero-order chi connectivity index (χ0) is 11.0. The third-order valence-electron chi connectivity index (χ3n) is 3.06. The first kappa shape index (κ1) is 10.8. The second-order valence-corrected chi connectivity index (χ2v) is 4.82. The van der Waals surface area contributed by atoms with Crippen LogP contribution >= 0.6 is 11.6 Å². The summed E-state index contributed by atoms with van der Waals surface area (Å²) in [5, 5.41) is 0.804. The van der Waals surface area contributed by atoms with Gasteiger partial charge in [0, 0.05) is 35.8 Å². The van der Waals surface area contributed by atoms with Gasteiger partial charge < -0.3 is 10.6 Å². The van der Waals surface area contributed by atoms with Crippen LogP contribution in [0.15, 0.2) is 18.2 Å². The molecule has 2 N–H and O–H groups in total. The van der Waals surface area contributed by atoms with Gasteiger partial charge in [0.25, 0.3) is 0 Å². The molecule has 3 heteroatoms. The Kier molecular flexibility index (Phi) is 2.89. The topological polar surface area (TPSA) is 29.3 Å². The summed E-state index contributed by atoms with van der Waals surface area (Å²) < 4.78 is 0. The Balaban J connectivity index is 2.43. The number of anilines is 1. The summed E-state index contributed by atoms with van der Waals surface area (Å²) in [5.41, 5.74) is 8.39. The average molecular weight is 225 g/mol. The number of hydrogen-bond acceptors (Lipinski definition) is 2. The summed E-state index contributed by atoms with van der Waals surface area (Å²) in [7, 11) is 0. The Morgan fingerprint density at radius 1 is 1.53 bits per heavy atom. The molecule has 0 fully saturated rings. The number of rotatable bonds is 2. The van der Waals surface area contributed by atoms with E-state index in [1.165, 1.54) is 11.3 Å². The standard InChI is InChI=1S/C12H17ClN2/c1-8(2)15-7-9(6-14)11-5-10(13)3-4-12(11)15/h3-5,8-9H,6-7,14H2,1-2H3. The molecule has 1 unspecified atom stereocenters. The van der Waals surface area contributed by atoms with Gasteiger partial charge in [0.05, 0.1) is 0 Å². The zero-order valence-corrected chi connectivity index (χ0v) is 9.96. The van der Waals surface area contributed by atoms with E-state index >= 15 is 0 Å². The third kappa shape index (κ3) is 1.84. The predicted octanol–water partition coefficient (Wildman–Crippen LogP) is 2.61. The highest BCUT2D eigenvalue weighted by atomic mass is 35.5. The maximum absolute atomic E-state index is 6.01. The summed E-state index contributed by atoms with van der Waals surface area (Å²) in [5.74, 6) is 0.432. The fourth-order valence-electron chi connectivity index (χ4n) is 2.24. The van der Waals surface area contributed by atoms with Crippen LogP contribution in [0.25, 0.3) is 0 Å². The van der Waals surface area contributed by atoms with Crippen molar-refractivity contribution in [2.75, 3.05) is 18.0 Å². The van der Waals surface area contributed by atoms with Crippen molar-refractivity contribution < 1.29 is 0 Å². The second kappa shape index (κ2) is 4.03. The van der Waals surface area contributed by atoms with Crippen LogP contribution in [-0.4, -0.2) is 19.1 Å². The lowest BCUT2D eigenvalue weighted by Gasteiger charge is -2.24. The van der Waals surface area contributed by atoms with Gasteiger partial charge in [-0.1, -0.05) is 11.6 Å². The molecule has 1 aliphatic rings. The highest BCUT2D eigenvalue weighted by Gasteiger charge is 2.28. The lowest BCUT2D eigenvalue weighted by molar-refractivity contribution is 0.647. The van der Waals surface area contributed by atoms with E-state index in [-0.39, 0.29) is 0 Å². The number of halogens is 1. The van der Waals surface area contributed by atoms with Gasteiger partial charge in [-0.3, -0.25) is 0 Å². The molecule has 82 valence electrons. The van der Waals surface area contributed by atoms with E-state index in [0.29, 0.717) is 18.5 Å². The van der Waals surface area contributed by atoms with Crippen molar-refractivity contribution in [3.05, 3.63) is 28.8 Å². The molecular formula is C12H17ClN2. The smallest absolute Gasteiger partial charge is 0.0410 e.